The second kappa shape index (κ2) is 6.53. The average Bonchev–Trinajstić information content (AvgIpc) is 2.85. The zero-order chi connectivity index (χ0) is 17.4. The Morgan fingerprint density at radius 3 is 2.54 bits per heavy atom. The zero-order valence-electron chi connectivity index (χ0n) is 13.4. The Morgan fingerprint density at radius 2 is 1.92 bits per heavy atom. The highest BCUT2D eigenvalue weighted by atomic mass is 35.5. The molecule has 6 nitrogen and oxygen atoms in total. The fraction of sp³-hybridized carbons (Fsp3) is 0.471. The van der Waals surface area contributed by atoms with Crippen molar-refractivity contribution in [3.8, 4) is 0 Å². The van der Waals surface area contributed by atoms with Gasteiger partial charge in [0.25, 0.3) is 5.91 Å². The Bertz CT molecular complexity index is 698. The quantitative estimate of drug-likeness (QED) is 0.844. The average molecular weight is 351 g/mol. The van der Waals surface area contributed by atoms with E-state index in [9.17, 15) is 14.4 Å². The normalized spacial score (nSPS) is 23.1. The number of amides is 2. The summed E-state index contributed by atoms with van der Waals surface area (Å²) >= 11 is 6.10. The molecule has 0 unspecified atom stereocenters. The Labute approximate surface area is 145 Å². The lowest BCUT2D eigenvalue weighted by molar-refractivity contribution is -0.143. The summed E-state index contributed by atoms with van der Waals surface area (Å²) in [6, 6.07) is 4.65. The van der Waals surface area contributed by atoms with Crippen LogP contribution in [0.5, 0.6) is 0 Å². The number of rotatable bonds is 3. The van der Waals surface area contributed by atoms with Crippen LogP contribution in [0.1, 0.15) is 24.8 Å². The number of aliphatic carboxylic acids is 1. The highest BCUT2D eigenvalue weighted by Gasteiger charge is 2.44. The molecule has 2 saturated heterocycles. The van der Waals surface area contributed by atoms with Gasteiger partial charge in [0, 0.05) is 5.02 Å². The number of anilines is 1. The van der Waals surface area contributed by atoms with Crippen LogP contribution in [0, 0.1) is 12.8 Å². The molecule has 0 saturated carbocycles. The van der Waals surface area contributed by atoms with Crippen molar-refractivity contribution in [1.82, 2.24) is 4.90 Å². The molecule has 128 valence electrons. The lowest BCUT2D eigenvalue weighted by Gasteiger charge is -2.33. The smallest absolute Gasteiger partial charge is 0.306 e. The predicted octanol–water partition coefficient (Wildman–Crippen LogP) is 2.08. The van der Waals surface area contributed by atoms with Gasteiger partial charge in [0.05, 0.1) is 24.1 Å². The van der Waals surface area contributed by atoms with Gasteiger partial charge in [0.15, 0.2) is 0 Å². The van der Waals surface area contributed by atoms with Crippen molar-refractivity contribution in [2.45, 2.75) is 32.2 Å². The standard InChI is InChI=1S/C17H19ClN2O4/c1-10-12(18)3-2-4-13(10)20-15(21)9-14(16(20)22)19-7-5-11(6-8-19)17(23)24/h2-4,11,14H,5-9H2,1H3,(H,23,24)/t14-/m1/s1. The first-order chi connectivity index (χ1) is 11.4. The van der Waals surface area contributed by atoms with Gasteiger partial charge in [0.2, 0.25) is 5.91 Å². The number of piperidine rings is 1. The molecule has 7 heteroatoms. The van der Waals surface area contributed by atoms with Crippen LogP contribution >= 0.6 is 11.6 Å². The first-order valence-corrected chi connectivity index (χ1v) is 8.36. The number of nitrogens with zero attached hydrogens (tertiary/aromatic N) is 2. The molecule has 2 heterocycles. The molecule has 2 fully saturated rings. The van der Waals surface area contributed by atoms with Crippen molar-refractivity contribution >= 4 is 35.1 Å². The number of hydrogen-bond acceptors (Lipinski definition) is 4. The van der Waals surface area contributed by atoms with E-state index in [-0.39, 0.29) is 24.2 Å². The number of hydrogen-bond donors (Lipinski definition) is 1. The second-order valence-electron chi connectivity index (χ2n) is 6.32. The number of carboxylic acids is 1. The van der Waals surface area contributed by atoms with Crippen LogP contribution < -0.4 is 4.90 Å². The molecule has 0 aromatic heterocycles. The summed E-state index contributed by atoms with van der Waals surface area (Å²) in [6.45, 7) is 2.82. The van der Waals surface area contributed by atoms with E-state index >= 15 is 0 Å². The number of likely N-dealkylation sites (tertiary alicyclic amines) is 1. The number of carbonyl (C=O) groups excluding carboxylic acids is 2. The minimum atomic E-state index is -0.792. The molecule has 24 heavy (non-hydrogen) atoms. The molecule has 2 aliphatic heterocycles. The largest absolute Gasteiger partial charge is 0.481 e. The van der Waals surface area contributed by atoms with Crippen molar-refractivity contribution in [2.75, 3.05) is 18.0 Å². The molecule has 2 aliphatic rings. The first-order valence-electron chi connectivity index (χ1n) is 7.99. The molecular formula is C17H19ClN2O4. The van der Waals surface area contributed by atoms with Crippen LogP contribution in [0.4, 0.5) is 5.69 Å². The molecule has 0 aliphatic carbocycles. The fourth-order valence-corrected chi connectivity index (χ4v) is 3.62. The summed E-state index contributed by atoms with van der Waals surface area (Å²) in [5.41, 5.74) is 1.23. The minimum Gasteiger partial charge on any atom is -0.481 e. The number of benzene rings is 1. The summed E-state index contributed by atoms with van der Waals surface area (Å²) < 4.78 is 0. The minimum absolute atomic E-state index is 0.128. The third kappa shape index (κ3) is 2.91. The Kier molecular flexibility index (Phi) is 4.60. The summed E-state index contributed by atoms with van der Waals surface area (Å²) in [7, 11) is 0. The van der Waals surface area contributed by atoms with Crippen molar-refractivity contribution in [1.29, 1.82) is 0 Å². The predicted molar refractivity (Wildman–Crippen MR) is 89.0 cm³/mol. The fourth-order valence-electron chi connectivity index (χ4n) is 3.45. The van der Waals surface area contributed by atoms with E-state index in [0.29, 0.717) is 42.2 Å². The Morgan fingerprint density at radius 1 is 1.25 bits per heavy atom. The number of halogens is 1. The second-order valence-corrected chi connectivity index (χ2v) is 6.73. The lowest BCUT2D eigenvalue weighted by Crippen LogP contribution is -2.46. The van der Waals surface area contributed by atoms with Gasteiger partial charge >= 0.3 is 5.97 Å². The van der Waals surface area contributed by atoms with E-state index in [0.717, 1.165) is 0 Å². The SMILES string of the molecule is Cc1c(Cl)cccc1N1C(=O)C[C@@H](N2CCC(C(=O)O)CC2)C1=O. The number of imide groups is 1. The van der Waals surface area contributed by atoms with E-state index in [1.165, 1.54) is 4.90 Å². The van der Waals surface area contributed by atoms with Gasteiger partial charge in [0.1, 0.15) is 0 Å². The van der Waals surface area contributed by atoms with Crippen LogP contribution in [0.15, 0.2) is 18.2 Å². The van der Waals surface area contributed by atoms with Gasteiger partial charge in [-0.1, -0.05) is 17.7 Å². The van der Waals surface area contributed by atoms with Gasteiger partial charge < -0.3 is 5.11 Å². The van der Waals surface area contributed by atoms with Crippen LogP contribution in [0.3, 0.4) is 0 Å². The Hall–Kier alpha value is -1.92. The molecule has 0 bridgehead atoms. The maximum atomic E-state index is 12.8. The highest BCUT2D eigenvalue weighted by Crippen LogP contribution is 2.32. The van der Waals surface area contributed by atoms with Gasteiger partial charge in [-0.3, -0.25) is 19.3 Å². The van der Waals surface area contributed by atoms with Crippen molar-refractivity contribution < 1.29 is 19.5 Å². The van der Waals surface area contributed by atoms with Gasteiger partial charge in [-0.2, -0.15) is 0 Å². The Balaban J connectivity index is 1.78. The van der Waals surface area contributed by atoms with Crippen molar-refractivity contribution in [3.05, 3.63) is 28.8 Å². The molecule has 2 amide bonds. The van der Waals surface area contributed by atoms with Crippen LogP contribution in [-0.4, -0.2) is 46.9 Å². The summed E-state index contributed by atoms with van der Waals surface area (Å²) in [4.78, 5) is 39.4. The van der Waals surface area contributed by atoms with Crippen molar-refractivity contribution in [2.24, 2.45) is 5.92 Å². The molecule has 3 rings (SSSR count). The van der Waals surface area contributed by atoms with Crippen LogP contribution in [-0.2, 0) is 14.4 Å². The molecule has 0 spiro atoms. The van der Waals surface area contributed by atoms with Crippen LogP contribution in [0.2, 0.25) is 5.02 Å². The van der Waals surface area contributed by atoms with Crippen LogP contribution in [0.25, 0.3) is 0 Å². The van der Waals surface area contributed by atoms with E-state index < -0.39 is 12.0 Å². The highest BCUT2D eigenvalue weighted by molar-refractivity contribution is 6.32. The van der Waals surface area contributed by atoms with Gasteiger partial charge in [-0.15, -0.1) is 0 Å². The first kappa shape index (κ1) is 16.9. The lowest BCUT2D eigenvalue weighted by atomic mass is 9.95. The number of carboxylic acid groups (broad SMARTS) is 1. The molecule has 1 atom stereocenters. The third-order valence-corrected chi connectivity index (χ3v) is 5.33. The van der Waals surface area contributed by atoms with E-state index in [2.05, 4.69) is 0 Å². The van der Waals surface area contributed by atoms with E-state index in [4.69, 9.17) is 16.7 Å². The summed E-state index contributed by atoms with van der Waals surface area (Å²) in [5.74, 6) is -1.64. The molecule has 1 N–H and O–H groups in total. The molecular weight excluding hydrogens is 332 g/mol. The maximum Gasteiger partial charge on any atom is 0.306 e. The van der Waals surface area contributed by atoms with Gasteiger partial charge in [-0.25, -0.2) is 4.90 Å². The maximum absolute atomic E-state index is 12.8. The number of carbonyl (C=O) groups is 3. The summed E-state index contributed by atoms with van der Waals surface area (Å²) in [5, 5.41) is 9.58. The van der Waals surface area contributed by atoms with Crippen molar-refractivity contribution in [3.63, 3.8) is 0 Å². The topological polar surface area (TPSA) is 77.9 Å². The molecule has 1 aromatic rings. The van der Waals surface area contributed by atoms with Gasteiger partial charge in [-0.05, 0) is 50.6 Å². The monoisotopic (exact) mass is 350 g/mol. The zero-order valence-corrected chi connectivity index (χ0v) is 14.1. The summed E-state index contributed by atoms with van der Waals surface area (Å²) in [6.07, 6.45) is 1.13. The van der Waals surface area contributed by atoms with E-state index in [1.54, 1.807) is 25.1 Å². The molecule has 1 aromatic carbocycles. The van der Waals surface area contributed by atoms with E-state index in [1.807, 2.05) is 4.90 Å². The molecule has 0 radical (unpaired) electrons. The third-order valence-electron chi connectivity index (χ3n) is 4.92.